The van der Waals surface area contributed by atoms with Crippen LogP contribution in [0.25, 0.3) is 6.08 Å². The first-order valence-corrected chi connectivity index (χ1v) is 11.8. The number of aromatic nitrogens is 2. The van der Waals surface area contributed by atoms with Gasteiger partial charge in [-0.3, -0.25) is 10.1 Å². The standard InChI is InChI=1S/C20H15ClN4O4S2/c1-31(27,28)20-25-24-19(30-20)23-18(26)15(11-22)9-14-7-8-17(16(21)10-14)29-12-13-5-3-2-4-6-13/h2-10H,12H2,1H3,(H,23,24,26)/b15-9-. The van der Waals surface area contributed by atoms with E-state index in [1.807, 2.05) is 30.3 Å². The van der Waals surface area contributed by atoms with Crippen LogP contribution in [-0.4, -0.2) is 30.8 Å². The van der Waals surface area contributed by atoms with Gasteiger partial charge in [-0.1, -0.05) is 59.3 Å². The Kier molecular flexibility index (Phi) is 7.02. The summed E-state index contributed by atoms with van der Waals surface area (Å²) in [6, 6.07) is 16.3. The summed E-state index contributed by atoms with van der Waals surface area (Å²) in [6.07, 6.45) is 2.33. The van der Waals surface area contributed by atoms with Crippen LogP contribution >= 0.6 is 22.9 Å². The highest BCUT2D eigenvalue weighted by Crippen LogP contribution is 2.27. The lowest BCUT2D eigenvalue weighted by Gasteiger charge is -2.09. The fourth-order valence-corrected chi connectivity index (χ4v) is 4.10. The highest BCUT2D eigenvalue weighted by Gasteiger charge is 2.17. The van der Waals surface area contributed by atoms with Crippen molar-refractivity contribution in [2.45, 2.75) is 10.9 Å². The number of benzene rings is 2. The molecule has 1 N–H and O–H groups in total. The number of anilines is 1. The van der Waals surface area contributed by atoms with Gasteiger partial charge in [0.25, 0.3) is 5.91 Å². The molecule has 0 aliphatic rings. The predicted octanol–water partition coefficient (Wildman–Crippen LogP) is 3.72. The molecular weight excluding hydrogens is 460 g/mol. The van der Waals surface area contributed by atoms with Crippen molar-refractivity contribution < 1.29 is 17.9 Å². The quantitative estimate of drug-likeness (QED) is 0.314. The van der Waals surface area contributed by atoms with E-state index in [9.17, 15) is 18.5 Å². The van der Waals surface area contributed by atoms with Crippen LogP contribution in [0.5, 0.6) is 5.75 Å². The van der Waals surface area contributed by atoms with Crippen LogP contribution in [0.2, 0.25) is 5.02 Å². The molecule has 2 aromatic carbocycles. The molecule has 31 heavy (non-hydrogen) atoms. The second-order valence-corrected chi connectivity index (χ2v) is 9.81. The first-order valence-electron chi connectivity index (χ1n) is 8.69. The number of hydrogen-bond acceptors (Lipinski definition) is 8. The Bertz CT molecular complexity index is 1280. The average Bonchev–Trinajstić information content (AvgIpc) is 3.21. The van der Waals surface area contributed by atoms with E-state index in [2.05, 4.69) is 15.5 Å². The molecule has 0 saturated carbocycles. The molecule has 11 heteroatoms. The van der Waals surface area contributed by atoms with Gasteiger partial charge in [0.05, 0.1) is 5.02 Å². The van der Waals surface area contributed by atoms with Crippen LogP contribution in [0, 0.1) is 11.3 Å². The summed E-state index contributed by atoms with van der Waals surface area (Å²) in [5.41, 5.74) is 1.28. The lowest BCUT2D eigenvalue weighted by molar-refractivity contribution is -0.112. The van der Waals surface area contributed by atoms with Crippen molar-refractivity contribution >= 4 is 49.9 Å². The van der Waals surface area contributed by atoms with Gasteiger partial charge in [-0.15, -0.1) is 10.2 Å². The Hall–Kier alpha value is -3.26. The maximum atomic E-state index is 12.3. The lowest BCUT2D eigenvalue weighted by Crippen LogP contribution is -2.13. The van der Waals surface area contributed by atoms with Gasteiger partial charge in [-0.05, 0) is 29.3 Å². The highest BCUT2D eigenvalue weighted by molar-refractivity contribution is 7.92. The first kappa shape index (κ1) is 22.4. The molecule has 0 spiro atoms. The number of rotatable bonds is 7. The van der Waals surface area contributed by atoms with Crippen LogP contribution in [0.3, 0.4) is 0 Å². The number of nitrogens with zero attached hydrogens (tertiary/aromatic N) is 3. The van der Waals surface area contributed by atoms with Gasteiger partial charge in [-0.2, -0.15) is 5.26 Å². The monoisotopic (exact) mass is 474 g/mol. The molecule has 0 fully saturated rings. The Labute approximate surface area is 187 Å². The third-order valence-corrected chi connectivity index (χ3v) is 6.62. The molecule has 0 unspecified atom stereocenters. The summed E-state index contributed by atoms with van der Waals surface area (Å²) in [7, 11) is -3.54. The summed E-state index contributed by atoms with van der Waals surface area (Å²) in [5.74, 6) is -0.285. The van der Waals surface area contributed by atoms with Crippen LogP contribution in [0.1, 0.15) is 11.1 Å². The van der Waals surface area contributed by atoms with E-state index in [1.165, 1.54) is 6.08 Å². The Morgan fingerprint density at radius 3 is 2.61 bits per heavy atom. The Morgan fingerprint density at radius 2 is 2.00 bits per heavy atom. The van der Waals surface area contributed by atoms with Gasteiger partial charge in [-0.25, -0.2) is 8.42 Å². The summed E-state index contributed by atoms with van der Waals surface area (Å²) >= 11 is 6.96. The van der Waals surface area contributed by atoms with Crippen LogP contribution in [0.4, 0.5) is 5.13 Å². The normalized spacial score (nSPS) is 11.6. The first-order chi connectivity index (χ1) is 14.8. The topological polar surface area (TPSA) is 122 Å². The van der Waals surface area contributed by atoms with Crippen molar-refractivity contribution in [1.29, 1.82) is 5.26 Å². The molecule has 0 atom stereocenters. The fraction of sp³-hybridized carbons (Fsp3) is 0.100. The second-order valence-electron chi connectivity index (χ2n) is 6.23. The lowest BCUT2D eigenvalue weighted by atomic mass is 10.1. The van der Waals surface area contributed by atoms with Crippen molar-refractivity contribution in [2.75, 3.05) is 11.6 Å². The van der Waals surface area contributed by atoms with Crippen LogP contribution in [-0.2, 0) is 21.2 Å². The summed E-state index contributed by atoms with van der Waals surface area (Å²) < 4.78 is 28.4. The highest BCUT2D eigenvalue weighted by atomic mass is 35.5. The SMILES string of the molecule is CS(=O)(=O)c1nnc(NC(=O)/C(C#N)=C\c2ccc(OCc3ccccc3)c(Cl)c2)s1. The molecule has 3 aromatic rings. The van der Waals surface area contributed by atoms with Crippen LogP contribution in [0.15, 0.2) is 58.4 Å². The van der Waals surface area contributed by atoms with Crippen molar-refractivity contribution in [3.63, 3.8) is 0 Å². The van der Waals surface area contributed by atoms with Crippen LogP contribution < -0.4 is 10.1 Å². The van der Waals surface area contributed by atoms with Gasteiger partial charge < -0.3 is 4.74 Å². The molecule has 0 aliphatic heterocycles. The number of carbonyl (C=O) groups excluding carboxylic acids is 1. The molecule has 0 bridgehead atoms. The number of hydrogen-bond donors (Lipinski definition) is 1. The van der Waals surface area contributed by atoms with Crippen molar-refractivity contribution in [1.82, 2.24) is 10.2 Å². The Morgan fingerprint density at radius 1 is 1.26 bits per heavy atom. The molecular formula is C20H15ClN4O4S2. The number of nitrogens with one attached hydrogen (secondary N) is 1. The van der Waals surface area contributed by atoms with E-state index < -0.39 is 15.7 Å². The molecule has 0 aliphatic carbocycles. The number of carbonyl (C=O) groups is 1. The smallest absolute Gasteiger partial charge is 0.268 e. The van der Waals surface area contributed by atoms with Gasteiger partial charge >= 0.3 is 0 Å². The van der Waals surface area contributed by atoms with E-state index >= 15 is 0 Å². The molecule has 0 saturated heterocycles. The van der Waals surface area contributed by atoms with Gasteiger partial charge in [0.15, 0.2) is 0 Å². The fourth-order valence-electron chi connectivity index (χ4n) is 2.35. The number of amides is 1. The maximum Gasteiger partial charge on any atom is 0.268 e. The number of nitriles is 1. The van der Waals surface area contributed by atoms with Crippen molar-refractivity contribution in [3.05, 3.63) is 70.3 Å². The number of ether oxygens (including phenoxy) is 1. The largest absolute Gasteiger partial charge is 0.487 e. The molecule has 1 aromatic heterocycles. The Balaban J connectivity index is 1.71. The zero-order chi connectivity index (χ0) is 22.4. The minimum atomic E-state index is -3.54. The molecule has 3 rings (SSSR count). The van der Waals surface area contributed by atoms with E-state index in [4.69, 9.17) is 16.3 Å². The molecule has 0 radical (unpaired) electrons. The summed E-state index contributed by atoms with van der Waals surface area (Å²) in [6.45, 7) is 0.346. The van der Waals surface area contributed by atoms with E-state index in [0.717, 1.165) is 11.8 Å². The van der Waals surface area contributed by atoms with Gasteiger partial charge in [0, 0.05) is 6.26 Å². The molecule has 1 heterocycles. The van der Waals surface area contributed by atoms with E-state index in [1.54, 1.807) is 24.3 Å². The molecule has 8 nitrogen and oxygen atoms in total. The average molecular weight is 475 g/mol. The van der Waals surface area contributed by atoms with E-state index in [0.29, 0.717) is 34.3 Å². The van der Waals surface area contributed by atoms with E-state index in [-0.39, 0.29) is 15.0 Å². The van der Waals surface area contributed by atoms with Crippen molar-refractivity contribution in [2.24, 2.45) is 0 Å². The molecule has 158 valence electrons. The van der Waals surface area contributed by atoms with Gasteiger partial charge in [0.1, 0.15) is 24.0 Å². The van der Waals surface area contributed by atoms with Crippen molar-refractivity contribution in [3.8, 4) is 11.8 Å². The second kappa shape index (κ2) is 9.70. The molecule has 1 amide bonds. The minimum Gasteiger partial charge on any atom is -0.487 e. The summed E-state index contributed by atoms with van der Waals surface area (Å²) in [5, 5.41) is 19.1. The predicted molar refractivity (Wildman–Crippen MR) is 117 cm³/mol. The third-order valence-electron chi connectivity index (χ3n) is 3.81. The zero-order valence-corrected chi connectivity index (χ0v) is 18.5. The van der Waals surface area contributed by atoms with Gasteiger partial charge in [0.2, 0.25) is 19.3 Å². The number of sulfone groups is 1. The third kappa shape index (κ3) is 6.11. The minimum absolute atomic E-state index is 0.0331. The number of halogens is 1. The zero-order valence-electron chi connectivity index (χ0n) is 16.1. The maximum absolute atomic E-state index is 12.3. The summed E-state index contributed by atoms with van der Waals surface area (Å²) in [4.78, 5) is 12.3.